The second kappa shape index (κ2) is 24.7. The van der Waals surface area contributed by atoms with Gasteiger partial charge in [-0.1, -0.05) is 97.3 Å². The lowest BCUT2D eigenvalue weighted by Crippen LogP contribution is -2.11. The van der Waals surface area contributed by atoms with Gasteiger partial charge in [-0.3, -0.25) is 4.79 Å². The molecule has 0 rings (SSSR count). The molecule has 4 nitrogen and oxygen atoms in total. The average Bonchev–Trinajstić information content (AvgIpc) is 2.54. The Morgan fingerprint density at radius 2 is 1.15 bits per heavy atom. The van der Waals surface area contributed by atoms with E-state index in [-0.39, 0.29) is 24.5 Å². The maximum atomic E-state index is 11.1. The first-order chi connectivity index (χ1) is 11.7. The van der Waals surface area contributed by atoms with Crippen LogP contribution in [0.5, 0.6) is 0 Å². The van der Waals surface area contributed by atoms with Crippen molar-refractivity contribution in [3.05, 3.63) is 0 Å². The lowest BCUT2D eigenvalue weighted by Gasteiger charge is -2.05. The van der Waals surface area contributed by atoms with Crippen molar-refractivity contribution >= 4 is 18.4 Å². The molecule has 0 spiro atoms. The molecule has 0 amide bonds. The van der Waals surface area contributed by atoms with Gasteiger partial charge in [0.2, 0.25) is 0 Å². The summed E-state index contributed by atoms with van der Waals surface area (Å²) in [5, 5.41) is 0. The lowest BCUT2D eigenvalue weighted by molar-refractivity contribution is -0.143. The number of carbonyl (C=O) groups is 1. The monoisotopic (exact) mass is 394 g/mol. The van der Waals surface area contributed by atoms with E-state index in [1.54, 1.807) is 0 Å². The van der Waals surface area contributed by atoms with Crippen molar-refractivity contribution in [2.75, 3.05) is 13.2 Å². The molecule has 5 heteroatoms. The van der Waals surface area contributed by atoms with Crippen LogP contribution in [0.2, 0.25) is 0 Å². The molecule has 0 aromatic carbocycles. The highest BCUT2D eigenvalue weighted by atomic mass is 35.5. The molecule has 0 bridgehead atoms. The second-order valence-corrected chi connectivity index (χ2v) is 7.54. The molecule has 0 saturated carbocycles. The normalized spacial score (nSPS) is 10.3. The molecule has 0 heterocycles. The molecule has 160 valence electrons. The van der Waals surface area contributed by atoms with E-state index < -0.39 is 0 Å². The maximum Gasteiger partial charge on any atom is 0.307 e. The van der Waals surface area contributed by atoms with Crippen molar-refractivity contribution in [1.82, 2.24) is 6.15 Å². The number of halogens is 1. The zero-order valence-electron chi connectivity index (χ0n) is 17.6. The standard InChI is InChI=1S/C21H43NO2.ClH.H3N/c1-20(2)16-14-12-10-8-6-4-3-5-7-9-11-13-15-19-24-21(23)17-18-22;;/h20H,3-19,22H2,1-2H3;1H;1H3. The van der Waals surface area contributed by atoms with Crippen LogP contribution < -0.4 is 11.9 Å². The Balaban J connectivity index is -0.00000264. The molecule has 0 fully saturated rings. The Morgan fingerprint density at radius 3 is 1.54 bits per heavy atom. The van der Waals surface area contributed by atoms with Crippen LogP contribution in [0.15, 0.2) is 0 Å². The van der Waals surface area contributed by atoms with Crippen molar-refractivity contribution in [2.45, 2.75) is 110 Å². The van der Waals surface area contributed by atoms with Gasteiger partial charge in [0.25, 0.3) is 0 Å². The van der Waals surface area contributed by atoms with Crippen LogP contribution in [0, 0.1) is 5.92 Å². The largest absolute Gasteiger partial charge is 0.466 e. The lowest BCUT2D eigenvalue weighted by atomic mass is 10.0. The molecule has 0 aromatic heterocycles. The predicted octanol–water partition coefficient (Wildman–Crippen LogP) is 6.58. The quantitative estimate of drug-likeness (QED) is 0.203. The summed E-state index contributed by atoms with van der Waals surface area (Å²) in [6.45, 7) is 5.59. The van der Waals surface area contributed by atoms with Gasteiger partial charge >= 0.3 is 5.97 Å². The van der Waals surface area contributed by atoms with Crippen molar-refractivity contribution in [1.29, 1.82) is 0 Å². The van der Waals surface area contributed by atoms with E-state index in [0.717, 1.165) is 12.3 Å². The highest BCUT2D eigenvalue weighted by Crippen LogP contribution is 2.14. The first kappa shape index (κ1) is 30.4. The topological polar surface area (TPSA) is 87.3 Å². The molecule has 0 aliphatic carbocycles. The Hall–Kier alpha value is -0.320. The first-order valence-corrected chi connectivity index (χ1v) is 10.5. The van der Waals surface area contributed by atoms with Gasteiger partial charge in [-0.15, -0.1) is 12.4 Å². The molecule has 0 unspecified atom stereocenters. The smallest absolute Gasteiger partial charge is 0.307 e. The van der Waals surface area contributed by atoms with Crippen molar-refractivity contribution in [3.8, 4) is 0 Å². The summed E-state index contributed by atoms with van der Waals surface area (Å²) in [4.78, 5) is 11.1. The highest BCUT2D eigenvalue weighted by molar-refractivity contribution is 5.85. The maximum absolute atomic E-state index is 11.1. The molecule has 0 aliphatic heterocycles. The van der Waals surface area contributed by atoms with E-state index in [2.05, 4.69) is 13.8 Å². The minimum atomic E-state index is -0.155. The molecule has 0 atom stereocenters. The van der Waals surface area contributed by atoms with Gasteiger partial charge < -0.3 is 16.6 Å². The molecule has 0 aliphatic rings. The van der Waals surface area contributed by atoms with Crippen molar-refractivity contribution in [2.24, 2.45) is 11.7 Å². The Labute approximate surface area is 169 Å². The number of hydrogen-bond donors (Lipinski definition) is 2. The minimum absolute atomic E-state index is 0. The van der Waals surface area contributed by atoms with Gasteiger partial charge in [0.1, 0.15) is 0 Å². The van der Waals surface area contributed by atoms with E-state index in [1.807, 2.05) is 0 Å². The van der Waals surface area contributed by atoms with E-state index in [1.165, 1.54) is 83.5 Å². The summed E-state index contributed by atoms with van der Waals surface area (Å²) < 4.78 is 5.08. The number of hydrogen-bond acceptors (Lipinski definition) is 4. The van der Waals surface area contributed by atoms with E-state index in [0.29, 0.717) is 19.6 Å². The SMILES string of the molecule is CC(C)CCCCCCCCCCCCCCCOC(=O)CCN.Cl.N. The van der Waals surface area contributed by atoms with Crippen molar-refractivity contribution in [3.63, 3.8) is 0 Å². The van der Waals surface area contributed by atoms with Gasteiger partial charge in [0, 0.05) is 6.54 Å². The number of carbonyl (C=O) groups excluding carboxylic acids is 1. The van der Waals surface area contributed by atoms with Gasteiger partial charge in [-0.05, 0) is 12.3 Å². The fraction of sp³-hybridized carbons (Fsp3) is 0.952. The van der Waals surface area contributed by atoms with Crippen LogP contribution in [-0.2, 0) is 9.53 Å². The summed E-state index contributed by atoms with van der Waals surface area (Å²) in [6, 6.07) is 0. The van der Waals surface area contributed by atoms with E-state index >= 15 is 0 Å². The average molecular weight is 395 g/mol. The van der Waals surface area contributed by atoms with Crippen LogP contribution >= 0.6 is 12.4 Å². The van der Waals surface area contributed by atoms with Gasteiger partial charge in [-0.2, -0.15) is 0 Å². The van der Waals surface area contributed by atoms with Gasteiger partial charge in [0.15, 0.2) is 0 Å². The summed E-state index contributed by atoms with van der Waals surface area (Å²) in [7, 11) is 0. The predicted molar refractivity (Wildman–Crippen MR) is 116 cm³/mol. The summed E-state index contributed by atoms with van der Waals surface area (Å²) >= 11 is 0. The third-order valence-corrected chi connectivity index (χ3v) is 4.54. The fourth-order valence-corrected chi connectivity index (χ4v) is 2.98. The minimum Gasteiger partial charge on any atom is -0.466 e. The van der Waals surface area contributed by atoms with Crippen LogP contribution in [0.4, 0.5) is 0 Å². The second-order valence-electron chi connectivity index (χ2n) is 7.54. The first-order valence-electron chi connectivity index (χ1n) is 10.5. The Kier molecular flexibility index (Phi) is 28.9. The van der Waals surface area contributed by atoms with Crippen LogP contribution in [0.1, 0.15) is 110 Å². The van der Waals surface area contributed by atoms with Crippen LogP contribution in [0.25, 0.3) is 0 Å². The third-order valence-electron chi connectivity index (χ3n) is 4.54. The zero-order chi connectivity index (χ0) is 17.9. The molecule has 0 radical (unpaired) electrons. The molecule has 0 saturated heterocycles. The molecule has 26 heavy (non-hydrogen) atoms. The van der Waals surface area contributed by atoms with Crippen molar-refractivity contribution < 1.29 is 9.53 Å². The summed E-state index contributed by atoms with van der Waals surface area (Å²) in [5.74, 6) is 0.716. The number of unbranched alkanes of at least 4 members (excludes halogenated alkanes) is 12. The number of esters is 1. The number of nitrogens with two attached hydrogens (primary N) is 1. The molecular formula is C21H47ClN2O2. The highest BCUT2D eigenvalue weighted by Gasteiger charge is 2.00. The van der Waals surface area contributed by atoms with Gasteiger partial charge in [0.05, 0.1) is 13.0 Å². The molecule has 5 N–H and O–H groups in total. The fourth-order valence-electron chi connectivity index (χ4n) is 2.98. The summed E-state index contributed by atoms with van der Waals surface area (Å²) in [5.41, 5.74) is 5.29. The van der Waals surface area contributed by atoms with Crippen LogP contribution in [-0.4, -0.2) is 19.1 Å². The number of ether oxygens (including phenoxy) is 1. The number of rotatable bonds is 18. The zero-order valence-corrected chi connectivity index (χ0v) is 18.4. The summed E-state index contributed by atoms with van der Waals surface area (Å²) in [6.07, 6.45) is 19.2. The Morgan fingerprint density at radius 1 is 0.769 bits per heavy atom. The molecule has 0 aromatic rings. The van der Waals surface area contributed by atoms with Crippen LogP contribution in [0.3, 0.4) is 0 Å². The Bertz CT molecular complexity index is 277. The third kappa shape index (κ3) is 25.9. The van der Waals surface area contributed by atoms with E-state index in [9.17, 15) is 4.79 Å². The molecular weight excluding hydrogens is 348 g/mol. The van der Waals surface area contributed by atoms with E-state index in [4.69, 9.17) is 10.5 Å². The van der Waals surface area contributed by atoms with Gasteiger partial charge in [-0.25, -0.2) is 0 Å².